The largest absolute Gasteiger partial charge is 0.383 e. The molecule has 0 unspecified atom stereocenters. The van der Waals surface area contributed by atoms with E-state index >= 15 is 0 Å². The molecule has 1 aromatic carbocycles. The van der Waals surface area contributed by atoms with Crippen molar-refractivity contribution >= 4 is 5.69 Å². The van der Waals surface area contributed by atoms with Crippen LogP contribution in [0.15, 0.2) is 24.3 Å². The van der Waals surface area contributed by atoms with Gasteiger partial charge in [0.2, 0.25) is 0 Å². The van der Waals surface area contributed by atoms with Gasteiger partial charge in [0.25, 0.3) is 0 Å². The Balaban J connectivity index is 2.21. The Morgan fingerprint density at radius 2 is 1.75 bits per heavy atom. The molecule has 0 amide bonds. The van der Waals surface area contributed by atoms with Gasteiger partial charge in [0.1, 0.15) is 0 Å². The lowest BCUT2D eigenvalue weighted by Crippen LogP contribution is -2.09. The predicted molar refractivity (Wildman–Crippen MR) is 70.0 cm³/mol. The average Bonchev–Trinajstić information content (AvgIpc) is 2.31. The summed E-state index contributed by atoms with van der Waals surface area (Å²) in [5.74, 6) is 0. The summed E-state index contributed by atoms with van der Waals surface area (Å²) in [6, 6.07) is 8.67. The molecule has 0 atom stereocenters. The fourth-order valence-electron chi connectivity index (χ4n) is 1.59. The number of hydrogen-bond acceptors (Lipinski definition) is 2. The molecule has 0 spiro atoms. The van der Waals surface area contributed by atoms with Crippen LogP contribution in [0.3, 0.4) is 0 Å². The maximum Gasteiger partial charge on any atom is 0.0639 e. The molecule has 0 bridgehead atoms. The van der Waals surface area contributed by atoms with Crippen molar-refractivity contribution in [3.8, 4) is 0 Å². The van der Waals surface area contributed by atoms with Gasteiger partial charge in [-0.25, -0.2) is 0 Å². The normalized spacial score (nSPS) is 10.4. The van der Waals surface area contributed by atoms with Crippen LogP contribution < -0.4 is 5.32 Å². The van der Waals surface area contributed by atoms with E-state index in [1.807, 2.05) is 0 Å². The summed E-state index contributed by atoms with van der Waals surface area (Å²) in [4.78, 5) is 0. The third-order valence-electron chi connectivity index (χ3n) is 2.42. The summed E-state index contributed by atoms with van der Waals surface area (Å²) >= 11 is 0. The highest BCUT2D eigenvalue weighted by atomic mass is 16.5. The van der Waals surface area contributed by atoms with Crippen LogP contribution in [-0.4, -0.2) is 19.8 Å². The van der Waals surface area contributed by atoms with E-state index in [1.165, 1.54) is 24.1 Å². The van der Waals surface area contributed by atoms with Crippen molar-refractivity contribution in [1.82, 2.24) is 0 Å². The van der Waals surface area contributed by atoms with Crippen LogP contribution in [0, 0.1) is 0 Å². The molecule has 16 heavy (non-hydrogen) atoms. The second-order valence-electron chi connectivity index (χ2n) is 3.99. The van der Waals surface area contributed by atoms with Crippen LogP contribution in [0.2, 0.25) is 0 Å². The number of anilines is 1. The van der Waals surface area contributed by atoms with E-state index in [1.54, 1.807) is 0 Å². The number of nitrogens with one attached hydrogen (secondary N) is 1. The van der Waals surface area contributed by atoms with Crippen molar-refractivity contribution in [3.63, 3.8) is 0 Å². The minimum Gasteiger partial charge on any atom is -0.383 e. The molecule has 2 heteroatoms. The van der Waals surface area contributed by atoms with Crippen LogP contribution in [0.1, 0.15) is 32.3 Å². The molecule has 0 aromatic heterocycles. The van der Waals surface area contributed by atoms with Crippen LogP contribution in [-0.2, 0) is 11.2 Å². The Hall–Kier alpha value is -1.02. The molecular formula is C14H23NO. The summed E-state index contributed by atoms with van der Waals surface area (Å²) in [7, 11) is 0. The van der Waals surface area contributed by atoms with Crippen molar-refractivity contribution in [3.05, 3.63) is 29.8 Å². The van der Waals surface area contributed by atoms with Gasteiger partial charge in [-0.1, -0.05) is 32.4 Å². The van der Waals surface area contributed by atoms with Crippen LogP contribution in [0.25, 0.3) is 0 Å². The molecule has 0 radical (unpaired) electrons. The van der Waals surface area contributed by atoms with Crippen molar-refractivity contribution in [1.29, 1.82) is 0 Å². The van der Waals surface area contributed by atoms with Gasteiger partial charge in [-0.3, -0.25) is 0 Å². The highest BCUT2D eigenvalue weighted by Crippen LogP contribution is 2.10. The van der Waals surface area contributed by atoms with E-state index in [-0.39, 0.29) is 0 Å². The van der Waals surface area contributed by atoms with Crippen molar-refractivity contribution in [2.45, 2.75) is 33.1 Å². The van der Waals surface area contributed by atoms with E-state index in [0.717, 1.165) is 26.2 Å². The van der Waals surface area contributed by atoms with Crippen molar-refractivity contribution in [2.24, 2.45) is 0 Å². The second kappa shape index (κ2) is 8.17. The third-order valence-corrected chi connectivity index (χ3v) is 2.42. The lowest BCUT2D eigenvalue weighted by atomic mass is 10.1. The third kappa shape index (κ3) is 5.17. The molecule has 0 fully saturated rings. The monoisotopic (exact) mass is 221 g/mol. The molecule has 0 saturated heterocycles. The van der Waals surface area contributed by atoms with E-state index in [9.17, 15) is 0 Å². The first-order valence-corrected chi connectivity index (χ1v) is 6.27. The zero-order valence-corrected chi connectivity index (χ0v) is 10.5. The number of benzene rings is 1. The molecule has 0 heterocycles. The van der Waals surface area contributed by atoms with Gasteiger partial charge in [0.15, 0.2) is 0 Å². The van der Waals surface area contributed by atoms with Crippen molar-refractivity contribution in [2.75, 3.05) is 25.1 Å². The fraction of sp³-hybridized carbons (Fsp3) is 0.571. The topological polar surface area (TPSA) is 21.3 Å². The first kappa shape index (κ1) is 13.0. The summed E-state index contributed by atoms with van der Waals surface area (Å²) in [6.45, 7) is 6.85. The van der Waals surface area contributed by atoms with Crippen LogP contribution in [0.5, 0.6) is 0 Å². The summed E-state index contributed by atoms with van der Waals surface area (Å²) in [5.41, 5.74) is 2.59. The number of ether oxygens (including phenoxy) is 1. The minimum absolute atomic E-state index is 0.782. The molecule has 0 aliphatic rings. The van der Waals surface area contributed by atoms with Gasteiger partial charge in [-0.05, 0) is 30.5 Å². The van der Waals surface area contributed by atoms with E-state index < -0.39 is 0 Å². The summed E-state index contributed by atoms with van der Waals surface area (Å²) in [6.07, 6.45) is 3.46. The molecule has 90 valence electrons. The number of rotatable bonds is 8. The molecule has 1 aromatic rings. The molecular weight excluding hydrogens is 198 g/mol. The molecule has 1 N–H and O–H groups in total. The quantitative estimate of drug-likeness (QED) is 0.679. The van der Waals surface area contributed by atoms with E-state index in [0.29, 0.717) is 0 Å². The first-order chi connectivity index (χ1) is 7.86. The van der Waals surface area contributed by atoms with E-state index in [2.05, 4.69) is 43.4 Å². The Labute approximate surface area is 99.0 Å². The lowest BCUT2D eigenvalue weighted by Gasteiger charge is -2.07. The van der Waals surface area contributed by atoms with Crippen LogP contribution in [0.4, 0.5) is 5.69 Å². The Morgan fingerprint density at radius 1 is 1.00 bits per heavy atom. The number of hydrogen-bond donors (Lipinski definition) is 1. The number of aryl methyl sites for hydroxylation is 1. The molecule has 0 saturated carbocycles. The summed E-state index contributed by atoms with van der Waals surface area (Å²) in [5, 5.41) is 3.35. The Bertz CT molecular complexity index is 269. The standard InChI is InChI=1S/C14H23NO/c1-3-5-13-6-8-14(9-7-13)15-10-12-16-11-4-2/h6-9,15H,3-5,10-12H2,1-2H3. The van der Waals surface area contributed by atoms with Crippen LogP contribution >= 0.6 is 0 Å². The Morgan fingerprint density at radius 3 is 2.38 bits per heavy atom. The average molecular weight is 221 g/mol. The van der Waals surface area contributed by atoms with Gasteiger partial charge in [0.05, 0.1) is 6.61 Å². The maximum absolute atomic E-state index is 5.40. The lowest BCUT2D eigenvalue weighted by molar-refractivity contribution is 0.144. The fourth-order valence-corrected chi connectivity index (χ4v) is 1.59. The second-order valence-corrected chi connectivity index (χ2v) is 3.99. The first-order valence-electron chi connectivity index (χ1n) is 6.27. The highest BCUT2D eigenvalue weighted by molar-refractivity contribution is 5.44. The Kier molecular flexibility index (Phi) is 6.66. The molecule has 2 nitrogen and oxygen atoms in total. The minimum atomic E-state index is 0.782. The van der Waals surface area contributed by atoms with Gasteiger partial charge in [-0.15, -0.1) is 0 Å². The molecule has 0 aliphatic heterocycles. The molecule has 1 rings (SSSR count). The van der Waals surface area contributed by atoms with E-state index in [4.69, 9.17) is 4.74 Å². The highest BCUT2D eigenvalue weighted by Gasteiger charge is 1.93. The van der Waals surface area contributed by atoms with Crippen molar-refractivity contribution < 1.29 is 4.74 Å². The smallest absolute Gasteiger partial charge is 0.0639 e. The van der Waals surface area contributed by atoms with Gasteiger partial charge in [0, 0.05) is 18.8 Å². The zero-order valence-electron chi connectivity index (χ0n) is 10.5. The van der Waals surface area contributed by atoms with Gasteiger partial charge in [-0.2, -0.15) is 0 Å². The van der Waals surface area contributed by atoms with Gasteiger partial charge >= 0.3 is 0 Å². The summed E-state index contributed by atoms with van der Waals surface area (Å²) < 4.78 is 5.40. The zero-order chi connectivity index (χ0) is 11.6. The molecule has 0 aliphatic carbocycles. The predicted octanol–water partition coefficient (Wildman–Crippen LogP) is 3.48. The van der Waals surface area contributed by atoms with Gasteiger partial charge < -0.3 is 10.1 Å². The SMILES string of the molecule is CCCOCCNc1ccc(CCC)cc1. The maximum atomic E-state index is 5.40.